The Labute approximate surface area is 188 Å². The van der Waals surface area contributed by atoms with Gasteiger partial charge in [0.05, 0.1) is 12.4 Å². The molecule has 0 atom stereocenters. The predicted octanol–water partition coefficient (Wildman–Crippen LogP) is 4.42. The van der Waals surface area contributed by atoms with Gasteiger partial charge in [-0.3, -0.25) is 9.52 Å². The van der Waals surface area contributed by atoms with Crippen molar-refractivity contribution in [2.75, 3.05) is 17.1 Å². The number of pyridine rings is 1. The van der Waals surface area contributed by atoms with Gasteiger partial charge in [0, 0.05) is 48.3 Å². The van der Waals surface area contributed by atoms with Crippen LogP contribution < -0.4 is 19.8 Å². The van der Waals surface area contributed by atoms with Crippen LogP contribution in [-0.2, 0) is 17.1 Å². The fraction of sp³-hybridized carbons (Fsp3) is 0.227. The summed E-state index contributed by atoms with van der Waals surface area (Å²) in [5.74, 6) is -4.75. The van der Waals surface area contributed by atoms with E-state index in [4.69, 9.17) is 9.47 Å². The Morgan fingerprint density at radius 2 is 1.64 bits per heavy atom. The number of ether oxygens (including phenoxy) is 2. The van der Waals surface area contributed by atoms with Crippen LogP contribution in [0.1, 0.15) is 13.8 Å². The van der Waals surface area contributed by atoms with Crippen LogP contribution in [0.3, 0.4) is 0 Å². The summed E-state index contributed by atoms with van der Waals surface area (Å²) in [4.78, 5) is 12.1. The molecular weight excluding hydrogens is 461 g/mol. The number of nitrogens with zero attached hydrogens (tertiary/aromatic N) is 1. The molecule has 0 amide bonds. The molecule has 3 aromatic rings. The predicted molar refractivity (Wildman–Crippen MR) is 118 cm³/mol. The Bertz CT molecular complexity index is 1330. The lowest BCUT2D eigenvalue weighted by Gasteiger charge is -2.17. The lowest BCUT2D eigenvalue weighted by molar-refractivity contribution is 0.340. The molecule has 33 heavy (non-hydrogen) atoms. The molecule has 0 bridgehead atoms. The topological polar surface area (TPSA) is 86.6 Å². The summed E-state index contributed by atoms with van der Waals surface area (Å²) in [5.41, 5.74) is 0.451. The number of rotatable bonds is 8. The van der Waals surface area contributed by atoms with Crippen molar-refractivity contribution in [1.82, 2.24) is 4.57 Å². The van der Waals surface area contributed by atoms with E-state index >= 15 is 0 Å². The summed E-state index contributed by atoms with van der Waals surface area (Å²) in [5, 5.41) is 0. The van der Waals surface area contributed by atoms with Crippen LogP contribution in [-0.4, -0.2) is 25.3 Å². The zero-order valence-corrected chi connectivity index (χ0v) is 18.8. The molecule has 1 aromatic heterocycles. The van der Waals surface area contributed by atoms with Gasteiger partial charge in [0.25, 0.3) is 5.56 Å². The Morgan fingerprint density at radius 1 is 0.970 bits per heavy atom. The Morgan fingerprint density at radius 3 is 2.24 bits per heavy atom. The smallest absolute Gasteiger partial charge is 0.254 e. The number of sulfonamides is 1. The second-order valence-corrected chi connectivity index (χ2v) is 8.96. The quantitative estimate of drug-likeness (QED) is 0.481. The third-order valence-electron chi connectivity index (χ3n) is 4.60. The molecule has 0 radical (unpaired) electrons. The highest BCUT2D eigenvalue weighted by Gasteiger charge is 2.19. The van der Waals surface area contributed by atoms with Gasteiger partial charge in [-0.25, -0.2) is 21.6 Å². The SMILES string of the molecule is CCOc1cc(=O)n(C)cc1-c1cc(NS(=O)(=O)CC)ccc1Oc1cc(F)c(F)c(F)c1. The molecule has 7 nitrogen and oxygen atoms in total. The van der Waals surface area contributed by atoms with Crippen molar-refractivity contribution in [2.45, 2.75) is 13.8 Å². The third kappa shape index (κ3) is 5.48. The second-order valence-electron chi connectivity index (χ2n) is 6.95. The van der Waals surface area contributed by atoms with E-state index in [-0.39, 0.29) is 46.4 Å². The van der Waals surface area contributed by atoms with E-state index in [2.05, 4.69) is 4.72 Å². The number of aryl methyl sites for hydroxylation is 1. The summed E-state index contributed by atoms with van der Waals surface area (Å²) in [6, 6.07) is 6.82. The lowest BCUT2D eigenvalue weighted by Crippen LogP contribution is -2.16. The average Bonchev–Trinajstić information content (AvgIpc) is 2.75. The molecule has 0 unspecified atom stereocenters. The number of anilines is 1. The van der Waals surface area contributed by atoms with Crippen LogP contribution in [0, 0.1) is 17.5 Å². The maximum Gasteiger partial charge on any atom is 0.254 e. The van der Waals surface area contributed by atoms with E-state index in [1.54, 1.807) is 6.92 Å². The maximum atomic E-state index is 13.7. The van der Waals surface area contributed by atoms with Gasteiger partial charge in [0.2, 0.25) is 10.0 Å². The van der Waals surface area contributed by atoms with Crippen LogP contribution in [0.25, 0.3) is 11.1 Å². The third-order valence-corrected chi connectivity index (χ3v) is 5.91. The van der Waals surface area contributed by atoms with Gasteiger partial charge in [-0.2, -0.15) is 0 Å². The van der Waals surface area contributed by atoms with Gasteiger partial charge in [-0.15, -0.1) is 0 Å². The minimum Gasteiger partial charge on any atom is -0.493 e. The van der Waals surface area contributed by atoms with Crippen molar-refractivity contribution in [3.05, 3.63) is 70.4 Å². The molecule has 0 spiro atoms. The van der Waals surface area contributed by atoms with Crippen LogP contribution in [0.2, 0.25) is 0 Å². The Kier molecular flexibility index (Phi) is 7.01. The maximum absolute atomic E-state index is 13.7. The van der Waals surface area contributed by atoms with E-state index in [9.17, 15) is 26.4 Å². The summed E-state index contributed by atoms with van der Waals surface area (Å²) in [7, 11) is -2.10. The molecule has 1 heterocycles. The monoisotopic (exact) mass is 482 g/mol. The number of hydrogen-bond donors (Lipinski definition) is 1. The fourth-order valence-corrected chi connectivity index (χ4v) is 3.58. The zero-order chi connectivity index (χ0) is 24.3. The first kappa shape index (κ1) is 24.2. The lowest BCUT2D eigenvalue weighted by atomic mass is 10.0. The molecule has 0 fully saturated rings. The van der Waals surface area contributed by atoms with Gasteiger partial charge >= 0.3 is 0 Å². The molecule has 0 saturated carbocycles. The average molecular weight is 482 g/mol. The first-order valence-corrected chi connectivity index (χ1v) is 11.5. The molecule has 0 saturated heterocycles. The zero-order valence-electron chi connectivity index (χ0n) is 18.0. The second kappa shape index (κ2) is 9.57. The number of halogens is 3. The van der Waals surface area contributed by atoms with Crippen molar-refractivity contribution >= 4 is 15.7 Å². The Hall–Kier alpha value is -3.47. The van der Waals surface area contributed by atoms with Crippen molar-refractivity contribution in [1.29, 1.82) is 0 Å². The van der Waals surface area contributed by atoms with Crippen LogP contribution in [0.5, 0.6) is 17.2 Å². The van der Waals surface area contributed by atoms with Crippen molar-refractivity contribution in [2.24, 2.45) is 7.05 Å². The number of nitrogens with one attached hydrogen (secondary N) is 1. The molecule has 2 aromatic carbocycles. The highest BCUT2D eigenvalue weighted by Crippen LogP contribution is 2.40. The molecular formula is C22H21F3N2O5S. The summed E-state index contributed by atoms with van der Waals surface area (Å²) in [6.07, 6.45) is 1.46. The van der Waals surface area contributed by atoms with Crippen molar-refractivity contribution in [3.8, 4) is 28.4 Å². The summed E-state index contributed by atoms with van der Waals surface area (Å²) < 4.78 is 79.7. The van der Waals surface area contributed by atoms with E-state index in [0.717, 1.165) is 0 Å². The molecule has 0 aliphatic carbocycles. The van der Waals surface area contributed by atoms with Gasteiger partial charge in [-0.1, -0.05) is 0 Å². The molecule has 11 heteroatoms. The number of aromatic nitrogens is 1. The van der Waals surface area contributed by atoms with Crippen molar-refractivity contribution < 1.29 is 31.1 Å². The van der Waals surface area contributed by atoms with Crippen LogP contribution in [0.4, 0.5) is 18.9 Å². The normalized spacial score (nSPS) is 11.3. The molecule has 176 valence electrons. The number of hydrogen-bond acceptors (Lipinski definition) is 5. The van der Waals surface area contributed by atoms with E-state index in [0.29, 0.717) is 17.7 Å². The highest BCUT2D eigenvalue weighted by molar-refractivity contribution is 7.92. The minimum absolute atomic E-state index is 0.0551. The molecule has 3 rings (SSSR count). The van der Waals surface area contributed by atoms with Crippen LogP contribution >= 0.6 is 0 Å². The largest absolute Gasteiger partial charge is 0.493 e. The molecule has 0 aliphatic heterocycles. The summed E-state index contributed by atoms with van der Waals surface area (Å²) in [6.45, 7) is 3.42. The van der Waals surface area contributed by atoms with E-state index in [1.165, 1.54) is 49.0 Å². The van der Waals surface area contributed by atoms with Gasteiger partial charge < -0.3 is 14.0 Å². The fourth-order valence-electron chi connectivity index (χ4n) is 2.95. The summed E-state index contributed by atoms with van der Waals surface area (Å²) >= 11 is 0. The molecule has 1 N–H and O–H groups in total. The first-order valence-electron chi connectivity index (χ1n) is 9.85. The minimum atomic E-state index is -3.61. The van der Waals surface area contributed by atoms with Crippen LogP contribution in [0.15, 0.2) is 47.4 Å². The van der Waals surface area contributed by atoms with Gasteiger partial charge in [0.15, 0.2) is 17.5 Å². The first-order chi connectivity index (χ1) is 15.5. The van der Waals surface area contributed by atoms with Gasteiger partial charge in [-0.05, 0) is 32.0 Å². The Balaban J connectivity index is 2.21. The number of benzene rings is 2. The highest BCUT2D eigenvalue weighted by atomic mass is 32.2. The van der Waals surface area contributed by atoms with E-state index in [1.807, 2.05) is 0 Å². The van der Waals surface area contributed by atoms with E-state index < -0.39 is 27.5 Å². The standard InChI is InChI=1S/C22H21F3N2O5S/c1-4-31-20-11-21(28)27(3)12-16(20)15-8-13(26-33(29,30)5-2)6-7-19(15)32-14-9-17(23)22(25)18(24)10-14/h6-12,26H,4-5H2,1-3H3. The van der Waals surface area contributed by atoms with Gasteiger partial charge in [0.1, 0.15) is 17.2 Å². The molecule has 0 aliphatic rings. The van der Waals surface area contributed by atoms with Crippen molar-refractivity contribution in [3.63, 3.8) is 0 Å².